The van der Waals surface area contributed by atoms with Crippen molar-refractivity contribution >= 4 is 12.0 Å². The normalized spacial score (nSPS) is 37.5. The first-order chi connectivity index (χ1) is 16.0. The third-order valence-corrected chi connectivity index (χ3v) is 8.96. The van der Waals surface area contributed by atoms with E-state index in [0.29, 0.717) is 12.5 Å². The Balaban J connectivity index is 1.18. The van der Waals surface area contributed by atoms with Crippen LogP contribution in [0.5, 0.6) is 0 Å². The number of benzene rings is 1. The van der Waals surface area contributed by atoms with Crippen LogP contribution in [0.1, 0.15) is 38.7 Å². The molecule has 2 aliphatic heterocycles. The minimum atomic E-state index is -0.515. The van der Waals surface area contributed by atoms with E-state index < -0.39 is 6.10 Å². The molecule has 5 heteroatoms. The van der Waals surface area contributed by atoms with E-state index in [4.69, 9.17) is 4.74 Å². The van der Waals surface area contributed by atoms with E-state index in [0.717, 1.165) is 52.0 Å². The molecule has 0 radical (unpaired) electrons. The maximum Gasteiger partial charge on any atom is 0.311 e. The van der Waals surface area contributed by atoms with Crippen LogP contribution in [0.2, 0.25) is 0 Å². The van der Waals surface area contributed by atoms with Crippen LogP contribution in [0, 0.1) is 23.2 Å². The second-order valence-corrected chi connectivity index (χ2v) is 10.7. The Bertz CT molecular complexity index is 905. The van der Waals surface area contributed by atoms with Crippen molar-refractivity contribution in [2.75, 3.05) is 39.3 Å². The highest BCUT2D eigenvalue weighted by atomic mass is 16.6. The molecule has 3 fully saturated rings. The smallest absolute Gasteiger partial charge is 0.311 e. The zero-order valence-corrected chi connectivity index (χ0v) is 20.0. The molecule has 4 aliphatic rings. The van der Waals surface area contributed by atoms with Gasteiger partial charge in [0.2, 0.25) is 0 Å². The van der Waals surface area contributed by atoms with Gasteiger partial charge in [-0.1, -0.05) is 68.0 Å². The van der Waals surface area contributed by atoms with Crippen molar-refractivity contribution in [3.8, 4) is 0 Å². The molecule has 2 aliphatic carbocycles. The Labute approximate surface area is 198 Å². The maximum atomic E-state index is 12.9. The second kappa shape index (κ2) is 9.36. The van der Waals surface area contributed by atoms with Gasteiger partial charge >= 0.3 is 5.97 Å². The van der Waals surface area contributed by atoms with Gasteiger partial charge in [-0.05, 0) is 24.3 Å². The van der Waals surface area contributed by atoms with E-state index in [1.54, 1.807) is 0 Å². The lowest BCUT2D eigenvalue weighted by molar-refractivity contribution is -0.145. The lowest BCUT2D eigenvalue weighted by Crippen LogP contribution is -2.55. The Morgan fingerprint density at radius 3 is 2.64 bits per heavy atom. The Kier molecular flexibility index (Phi) is 6.47. The van der Waals surface area contributed by atoms with Gasteiger partial charge in [0.05, 0.1) is 12.0 Å². The molecular weight excluding hydrogens is 412 g/mol. The van der Waals surface area contributed by atoms with E-state index in [1.165, 1.54) is 11.1 Å². The topological polar surface area (TPSA) is 53.0 Å². The number of carbonyl (C=O) groups is 1. The molecule has 2 heterocycles. The van der Waals surface area contributed by atoms with Crippen LogP contribution in [0.4, 0.5) is 0 Å². The van der Waals surface area contributed by atoms with Gasteiger partial charge in [0.1, 0.15) is 6.10 Å². The average molecular weight is 451 g/mol. The molecule has 0 spiro atoms. The molecule has 33 heavy (non-hydrogen) atoms. The molecule has 1 aromatic rings. The number of aliphatic hydroxyl groups is 1. The molecule has 5 rings (SSSR count). The first-order valence-electron chi connectivity index (χ1n) is 12.7. The lowest BCUT2D eigenvalue weighted by Gasteiger charge is -2.52. The monoisotopic (exact) mass is 450 g/mol. The van der Waals surface area contributed by atoms with E-state index >= 15 is 0 Å². The highest BCUT2D eigenvalue weighted by Crippen LogP contribution is 2.56. The summed E-state index contributed by atoms with van der Waals surface area (Å²) in [4.78, 5) is 17.8. The van der Waals surface area contributed by atoms with Crippen molar-refractivity contribution in [2.24, 2.45) is 23.2 Å². The van der Waals surface area contributed by atoms with Crippen LogP contribution in [0.3, 0.4) is 0 Å². The molecule has 1 saturated carbocycles. The number of ether oxygens (including phenoxy) is 1. The van der Waals surface area contributed by atoms with Crippen molar-refractivity contribution in [1.29, 1.82) is 0 Å². The van der Waals surface area contributed by atoms with Crippen LogP contribution < -0.4 is 0 Å². The summed E-state index contributed by atoms with van der Waals surface area (Å²) in [6.07, 6.45) is 9.01. The number of fused-ring (bicyclic) bond motifs is 2. The number of piperazine rings is 1. The van der Waals surface area contributed by atoms with Crippen LogP contribution in [0.15, 0.2) is 48.1 Å². The number of rotatable bonds is 5. The predicted molar refractivity (Wildman–Crippen MR) is 130 cm³/mol. The number of nitrogens with zero attached hydrogens (tertiary/aromatic N) is 2. The Morgan fingerprint density at radius 2 is 1.88 bits per heavy atom. The summed E-state index contributed by atoms with van der Waals surface area (Å²) in [5.74, 6) is 0.0131. The first kappa shape index (κ1) is 22.8. The first-order valence-corrected chi connectivity index (χ1v) is 12.7. The summed E-state index contributed by atoms with van der Waals surface area (Å²) in [5.41, 5.74) is 2.31. The van der Waals surface area contributed by atoms with Gasteiger partial charge in [0.25, 0.3) is 0 Å². The number of carbonyl (C=O) groups excluding carboxylic acids is 1. The zero-order chi connectivity index (χ0) is 23.0. The van der Waals surface area contributed by atoms with Crippen molar-refractivity contribution in [1.82, 2.24) is 9.80 Å². The largest absolute Gasteiger partial charge is 0.461 e. The fourth-order valence-corrected chi connectivity index (χ4v) is 6.61. The van der Waals surface area contributed by atoms with E-state index in [1.807, 2.05) is 6.07 Å². The van der Waals surface area contributed by atoms with E-state index in [9.17, 15) is 9.90 Å². The van der Waals surface area contributed by atoms with Crippen molar-refractivity contribution < 1.29 is 14.6 Å². The van der Waals surface area contributed by atoms with Crippen LogP contribution in [0.25, 0.3) is 6.08 Å². The molecule has 178 valence electrons. The quantitative estimate of drug-likeness (QED) is 0.549. The van der Waals surface area contributed by atoms with Gasteiger partial charge in [-0.3, -0.25) is 14.6 Å². The Hall–Kier alpha value is -1.95. The molecule has 0 bridgehead atoms. The van der Waals surface area contributed by atoms with Crippen molar-refractivity contribution in [3.63, 3.8) is 0 Å². The van der Waals surface area contributed by atoms with Crippen LogP contribution >= 0.6 is 0 Å². The third-order valence-electron chi connectivity index (χ3n) is 8.96. The van der Waals surface area contributed by atoms with E-state index in [-0.39, 0.29) is 29.3 Å². The molecular formula is C28H38N2O3. The number of esters is 1. The number of allylic oxidation sites excluding steroid dienone is 1. The highest BCUT2D eigenvalue weighted by Gasteiger charge is 2.59. The summed E-state index contributed by atoms with van der Waals surface area (Å²) >= 11 is 0. The fraction of sp³-hybridized carbons (Fsp3) is 0.607. The standard InChI is InChI=1S/C28H38N2O3/c1-20-8-6-12-22-18-24-25(26(31)28(20,22)2)23(27(32)33-24)19-30-16-14-29(15-17-30)13-7-11-21-9-4-3-5-10-21/h3-5,7,9-12,20,23-26,31H,6,8,13-19H2,1-2H3/t20-,23-,24-,25+,26+,28-/m1/s1. The predicted octanol–water partition coefficient (Wildman–Crippen LogP) is 3.60. The zero-order valence-electron chi connectivity index (χ0n) is 20.0. The minimum absolute atomic E-state index is 0.0907. The summed E-state index contributed by atoms with van der Waals surface area (Å²) < 4.78 is 5.85. The maximum absolute atomic E-state index is 12.9. The van der Waals surface area contributed by atoms with Gasteiger partial charge < -0.3 is 9.84 Å². The Morgan fingerprint density at radius 1 is 1.15 bits per heavy atom. The van der Waals surface area contributed by atoms with Gasteiger partial charge in [-0.2, -0.15) is 0 Å². The van der Waals surface area contributed by atoms with Gasteiger partial charge in [0.15, 0.2) is 0 Å². The van der Waals surface area contributed by atoms with Crippen LogP contribution in [-0.2, 0) is 9.53 Å². The fourth-order valence-electron chi connectivity index (χ4n) is 6.61. The number of hydrogen-bond donors (Lipinski definition) is 1. The summed E-state index contributed by atoms with van der Waals surface area (Å²) in [5, 5.41) is 11.5. The summed E-state index contributed by atoms with van der Waals surface area (Å²) in [7, 11) is 0. The van der Waals surface area contributed by atoms with Crippen molar-refractivity contribution in [2.45, 2.75) is 45.3 Å². The molecule has 1 N–H and O–H groups in total. The molecule has 0 aromatic heterocycles. The third kappa shape index (κ3) is 4.31. The molecule has 6 atom stereocenters. The summed E-state index contributed by atoms with van der Waals surface area (Å²) in [6, 6.07) is 10.4. The van der Waals surface area contributed by atoms with Crippen molar-refractivity contribution in [3.05, 3.63) is 53.6 Å². The highest BCUT2D eigenvalue weighted by molar-refractivity contribution is 5.76. The molecule has 1 aromatic carbocycles. The lowest BCUT2D eigenvalue weighted by atomic mass is 9.55. The molecule has 0 unspecified atom stereocenters. The minimum Gasteiger partial charge on any atom is -0.461 e. The van der Waals surface area contributed by atoms with Gasteiger partial charge in [-0.25, -0.2) is 0 Å². The summed E-state index contributed by atoms with van der Waals surface area (Å²) in [6.45, 7) is 10.0. The van der Waals surface area contributed by atoms with Gasteiger partial charge in [-0.15, -0.1) is 0 Å². The molecule has 2 saturated heterocycles. The van der Waals surface area contributed by atoms with Crippen LogP contribution in [-0.4, -0.2) is 72.4 Å². The van der Waals surface area contributed by atoms with E-state index in [2.05, 4.69) is 66.1 Å². The average Bonchev–Trinajstić information content (AvgIpc) is 3.13. The molecule has 5 nitrogen and oxygen atoms in total. The SMILES string of the molecule is C[C@@H]1CCC=C2C[C@H]3OC(=O)[C@H](CN4CCN(CC=Cc5ccccc5)CC4)[C@@H]3[C@H](O)[C@@]21C. The molecule has 0 amide bonds. The number of aliphatic hydroxyl groups excluding tert-OH is 1. The number of hydrogen-bond acceptors (Lipinski definition) is 5. The second-order valence-electron chi connectivity index (χ2n) is 10.7. The van der Waals surface area contributed by atoms with Gasteiger partial charge in [0, 0.05) is 57.0 Å².